The highest BCUT2D eigenvalue weighted by Crippen LogP contribution is 2.30. The van der Waals surface area contributed by atoms with Crippen molar-refractivity contribution in [3.63, 3.8) is 0 Å². The number of piperazine rings is 1. The summed E-state index contributed by atoms with van der Waals surface area (Å²) in [5, 5.41) is 10.7. The van der Waals surface area contributed by atoms with Gasteiger partial charge in [0.15, 0.2) is 11.5 Å². The second-order valence-corrected chi connectivity index (χ2v) is 9.45. The first kappa shape index (κ1) is 21.9. The van der Waals surface area contributed by atoms with E-state index in [1.54, 1.807) is 12.1 Å². The maximum absolute atomic E-state index is 13.6. The van der Waals surface area contributed by atoms with Crippen molar-refractivity contribution in [1.29, 1.82) is 0 Å². The van der Waals surface area contributed by atoms with E-state index in [1.807, 2.05) is 30.3 Å². The van der Waals surface area contributed by atoms with Crippen LogP contribution in [-0.4, -0.2) is 50.7 Å². The lowest BCUT2D eigenvalue weighted by Crippen LogP contribution is -2.46. The van der Waals surface area contributed by atoms with Crippen LogP contribution in [0.5, 0.6) is 0 Å². The zero-order valence-electron chi connectivity index (χ0n) is 19.3. The van der Waals surface area contributed by atoms with Crippen LogP contribution < -0.4 is 4.90 Å². The van der Waals surface area contributed by atoms with Gasteiger partial charge in [-0.1, -0.05) is 47.5 Å². The fraction of sp³-hybridized carbons (Fsp3) is 0.222. The Morgan fingerprint density at radius 2 is 1.74 bits per heavy atom. The van der Waals surface area contributed by atoms with E-state index in [0.29, 0.717) is 5.02 Å². The van der Waals surface area contributed by atoms with Crippen LogP contribution in [-0.2, 0) is 6.54 Å². The first-order chi connectivity index (χ1) is 17.0. The van der Waals surface area contributed by atoms with Gasteiger partial charge in [-0.2, -0.15) is 0 Å². The van der Waals surface area contributed by atoms with Gasteiger partial charge in [-0.25, -0.2) is 13.8 Å². The molecule has 0 amide bonds. The molecule has 1 fully saturated rings. The summed E-state index contributed by atoms with van der Waals surface area (Å²) in [6.07, 6.45) is 0. The monoisotopic (exact) mass is 486 g/mol. The van der Waals surface area contributed by atoms with Gasteiger partial charge in [0.2, 0.25) is 5.95 Å². The molecule has 3 heterocycles. The molecule has 0 radical (unpaired) electrons. The van der Waals surface area contributed by atoms with E-state index in [2.05, 4.69) is 49.5 Å². The van der Waals surface area contributed by atoms with E-state index in [0.717, 1.165) is 77.7 Å². The normalized spacial score (nSPS) is 14.8. The highest BCUT2D eigenvalue weighted by Gasteiger charge is 2.24. The number of rotatable bonds is 4. The van der Waals surface area contributed by atoms with Crippen molar-refractivity contribution in [3.05, 3.63) is 88.7 Å². The number of hydrogen-bond acceptors (Lipinski definition) is 5. The predicted octanol–water partition coefficient (Wildman–Crippen LogP) is 5.37. The Labute approximate surface area is 207 Å². The fourth-order valence-electron chi connectivity index (χ4n) is 4.77. The number of aromatic nitrogens is 4. The Morgan fingerprint density at radius 3 is 2.54 bits per heavy atom. The molecular formula is C27H24ClFN6. The quantitative estimate of drug-likeness (QED) is 0.342. The van der Waals surface area contributed by atoms with E-state index in [9.17, 15) is 4.39 Å². The molecule has 5 aromatic rings. The van der Waals surface area contributed by atoms with Crippen molar-refractivity contribution in [2.45, 2.75) is 13.5 Å². The molecule has 1 aliphatic heterocycles. The van der Waals surface area contributed by atoms with Gasteiger partial charge in [-0.15, -0.1) is 10.2 Å². The van der Waals surface area contributed by atoms with Gasteiger partial charge >= 0.3 is 0 Å². The second-order valence-electron chi connectivity index (χ2n) is 9.02. The lowest BCUT2D eigenvalue weighted by molar-refractivity contribution is 0.248. The van der Waals surface area contributed by atoms with Gasteiger partial charge in [-0.05, 0) is 48.9 Å². The Hall–Kier alpha value is -3.55. The fourth-order valence-corrected chi connectivity index (χ4v) is 4.94. The highest BCUT2D eigenvalue weighted by molar-refractivity contribution is 6.31. The molecule has 2 aromatic heterocycles. The van der Waals surface area contributed by atoms with Crippen LogP contribution in [0.4, 0.5) is 10.3 Å². The lowest BCUT2D eigenvalue weighted by atomic mass is 10.1. The van der Waals surface area contributed by atoms with Gasteiger partial charge in [-0.3, -0.25) is 4.90 Å². The molecule has 0 saturated carbocycles. The molecule has 6 nitrogen and oxygen atoms in total. The summed E-state index contributed by atoms with van der Waals surface area (Å²) in [5.41, 5.74) is 4.71. The number of anilines is 1. The minimum atomic E-state index is -0.196. The standard InChI is InChI=1S/C27H24ClFN6/c1-18-4-2-6-20(14-18)25-31-32-26-23-9-8-21(28)16-24(23)30-27(35(25)26)34-12-10-33(11-13-34)17-19-5-3-7-22(29)15-19/h2-9,14-16H,10-13,17H2,1H3. The zero-order chi connectivity index (χ0) is 23.9. The maximum atomic E-state index is 13.6. The van der Waals surface area contributed by atoms with Crippen LogP contribution in [0.3, 0.4) is 0 Å². The summed E-state index contributed by atoms with van der Waals surface area (Å²) in [7, 11) is 0. The molecule has 0 spiro atoms. The predicted molar refractivity (Wildman–Crippen MR) is 137 cm³/mol. The van der Waals surface area contributed by atoms with Gasteiger partial charge in [0.05, 0.1) is 5.52 Å². The average Bonchev–Trinajstić information content (AvgIpc) is 3.29. The summed E-state index contributed by atoms with van der Waals surface area (Å²) < 4.78 is 15.7. The third-order valence-electron chi connectivity index (χ3n) is 6.51. The summed E-state index contributed by atoms with van der Waals surface area (Å²) in [4.78, 5) is 9.66. The molecule has 6 rings (SSSR count). The van der Waals surface area contributed by atoms with Crippen LogP contribution >= 0.6 is 11.6 Å². The molecule has 0 unspecified atom stereocenters. The molecule has 0 bridgehead atoms. The van der Waals surface area contributed by atoms with Crippen LogP contribution in [0, 0.1) is 12.7 Å². The highest BCUT2D eigenvalue weighted by atomic mass is 35.5. The first-order valence-electron chi connectivity index (χ1n) is 11.7. The first-order valence-corrected chi connectivity index (χ1v) is 12.1. The summed E-state index contributed by atoms with van der Waals surface area (Å²) >= 11 is 6.30. The molecule has 0 aliphatic carbocycles. The molecule has 8 heteroatoms. The van der Waals surface area contributed by atoms with Gasteiger partial charge in [0.25, 0.3) is 0 Å². The number of benzene rings is 3. The summed E-state index contributed by atoms with van der Waals surface area (Å²) in [5.74, 6) is 1.38. The third kappa shape index (κ3) is 4.22. The van der Waals surface area contributed by atoms with Crippen LogP contribution in [0.2, 0.25) is 5.02 Å². The topological polar surface area (TPSA) is 49.6 Å². The molecule has 1 aliphatic rings. The van der Waals surface area contributed by atoms with Crippen molar-refractivity contribution < 1.29 is 4.39 Å². The Bertz CT molecular complexity index is 1540. The molecule has 0 N–H and O–H groups in total. The Kier molecular flexibility index (Phi) is 5.59. The van der Waals surface area contributed by atoms with Crippen molar-refractivity contribution in [2.24, 2.45) is 0 Å². The largest absolute Gasteiger partial charge is 0.339 e. The molecule has 3 aromatic carbocycles. The molecule has 176 valence electrons. The SMILES string of the molecule is Cc1cccc(-c2nnc3c4ccc(Cl)cc4nc(N4CCN(Cc5cccc(F)c5)CC4)n23)c1. The summed E-state index contributed by atoms with van der Waals surface area (Å²) in [6, 6.07) is 20.8. The van der Waals surface area contributed by atoms with Crippen molar-refractivity contribution in [3.8, 4) is 11.4 Å². The van der Waals surface area contributed by atoms with Crippen LogP contribution in [0.15, 0.2) is 66.7 Å². The minimum absolute atomic E-state index is 0.196. The number of halogens is 2. The smallest absolute Gasteiger partial charge is 0.213 e. The average molecular weight is 487 g/mol. The molecule has 1 saturated heterocycles. The second kappa shape index (κ2) is 8.91. The van der Waals surface area contributed by atoms with E-state index < -0.39 is 0 Å². The maximum Gasteiger partial charge on any atom is 0.213 e. The number of fused-ring (bicyclic) bond motifs is 3. The Morgan fingerprint density at radius 1 is 0.914 bits per heavy atom. The number of nitrogens with zero attached hydrogens (tertiary/aromatic N) is 6. The van der Waals surface area contributed by atoms with Crippen molar-refractivity contribution in [2.75, 3.05) is 31.1 Å². The Balaban J connectivity index is 1.39. The van der Waals surface area contributed by atoms with E-state index >= 15 is 0 Å². The van der Waals surface area contributed by atoms with E-state index in [1.165, 1.54) is 6.07 Å². The van der Waals surface area contributed by atoms with Crippen molar-refractivity contribution >= 4 is 34.1 Å². The number of hydrogen-bond donors (Lipinski definition) is 0. The third-order valence-corrected chi connectivity index (χ3v) is 6.75. The van der Waals surface area contributed by atoms with E-state index in [-0.39, 0.29) is 5.82 Å². The summed E-state index contributed by atoms with van der Waals surface area (Å²) in [6.45, 7) is 6.05. The molecular weight excluding hydrogens is 463 g/mol. The van der Waals surface area contributed by atoms with Gasteiger partial charge in [0.1, 0.15) is 5.82 Å². The van der Waals surface area contributed by atoms with E-state index in [4.69, 9.17) is 16.6 Å². The zero-order valence-corrected chi connectivity index (χ0v) is 20.1. The van der Waals surface area contributed by atoms with Crippen LogP contribution in [0.1, 0.15) is 11.1 Å². The van der Waals surface area contributed by atoms with Crippen LogP contribution in [0.25, 0.3) is 27.9 Å². The minimum Gasteiger partial charge on any atom is -0.339 e. The van der Waals surface area contributed by atoms with Gasteiger partial charge in [0, 0.05) is 48.7 Å². The molecule has 0 atom stereocenters. The van der Waals surface area contributed by atoms with Gasteiger partial charge < -0.3 is 4.90 Å². The lowest BCUT2D eigenvalue weighted by Gasteiger charge is -2.35. The number of aryl methyl sites for hydroxylation is 1. The molecule has 35 heavy (non-hydrogen) atoms. The van der Waals surface area contributed by atoms with Crippen molar-refractivity contribution in [1.82, 2.24) is 24.5 Å².